The van der Waals surface area contributed by atoms with Crippen molar-refractivity contribution in [2.24, 2.45) is 0 Å². The number of ether oxygens (including phenoxy) is 1. The third-order valence-corrected chi connectivity index (χ3v) is 6.45. The lowest BCUT2D eigenvalue weighted by molar-refractivity contribution is 0.298. The van der Waals surface area contributed by atoms with Crippen molar-refractivity contribution >= 4 is 34.7 Å². The van der Waals surface area contributed by atoms with Crippen LogP contribution in [-0.4, -0.2) is 14.5 Å². The minimum absolute atomic E-state index is 0.291. The summed E-state index contributed by atoms with van der Waals surface area (Å²) < 4.78 is 21.0. The largest absolute Gasteiger partial charge is 0.487 e. The molecule has 4 nitrogen and oxygen atoms in total. The number of aryl methyl sites for hydroxylation is 1. The molecular formula is C21H17ClFN3OS2. The number of aromatic nitrogens is 3. The number of hydrogen-bond donors (Lipinski definition) is 0. The van der Waals surface area contributed by atoms with E-state index in [9.17, 15) is 4.39 Å². The molecule has 0 bridgehead atoms. The van der Waals surface area contributed by atoms with Crippen LogP contribution in [0, 0.1) is 12.7 Å². The van der Waals surface area contributed by atoms with Gasteiger partial charge in [0.25, 0.3) is 0 Å². The van der Waals surface area contributed by atoms with Crippen LogP contribution in [0.2, 0.25) is 5.02 Å². The molecule has 0 saturated heterocycles. The number of imidazole rings is 1. The highest BCUT2D eigenvalue weighted by Crippen LogP contribution is 2.29. The first-order chi connectivity index (χ1) is 14.1. The van der Waals surface area contributed by atoms with Crippen molar-refractivity contribution in [2.45, 2.75) is 24.4 Å². The predicted octanol–water partition coefficient (Wildman–Crippen LogP) is 6.30. The Balaban J connectivity index is 1.58. The van der Waals surface area contributed by atoms with E-state index in [1.54, 1.807) is 41.4 Å². The standard InChI is InChI=1S/C21H17ClFN3OS2/c1-14-24-11-20(29-14)13-28-21-25-10-18(12-27-19-8-4-16(23)5-9-19)26(21)17-6-2-15(22)3-7-17/h2-11H,12-13H2,1H3. The zero-order chi connectivity index (χ0) is 20.2. The minimum atomic E-state index is -0.291. The van der Waals surface area contributed by atoms with E-state index in [-0.39, 0.29) is 5.82 Å². The Morgan fingerprint density at radius 1 is 1.07 bits per heavy atom. The second kappa shape index (κ2) is 8.98. The topological polar surface area (TPSA) is 39.9 Å². The Hall–Kier alpha value is -2.35. The van der Waals surface area contributed by atoms with Crippen LogP contribution >= 0.6 is 34.7 Å². The van der Waals surface area contributed by atoms with Gasteiger partial charge in [-0.2, -0.15) is 0 Å². The molecule has 0 aliphatic heterocycles. The fourth-order valence-corrected chi connectivity index (χ4v) is 4.69. The quantitative estimate of drug-likeness (QED) is 0.313. The molecule has 2 aromatic carbocycles. The third-order valence-electron chi connectivity index (χ3n) is 4.10. The molecule has 4 rings (SSSR count). The number of benzene rings is 2. The fourth-order valence-electron chi connectivity index (χ4n) is 2.73. The van der Waals surface area contributed by atoms with E-state index in [0.717, 1.165) is 27.3 Å². The number of rotatable bonds is 7. The van der Waals surface area contributed by atoms with E-state index in [2.05, 4.69) is 14.5 Å². The van der Waals surface area contributed by atoms with Gasteiger partial charge in [0.05, 0.1) is 16.9 Å². The first kappa shape index (κ1) is 19.9. The molecule has 4 aromatic rings. The third kappa shape index (κ3) is 4.98. The molecule has 0 saturated carbocycles. The highest BCUT2D eigenvalue weighted by Gasteiger charge is 2.14. The summed E-state index contributed by atoms with van der Waals surface area (Å²) in [6.07, 6.45) is 3.71. The molecule has 0 radical (unpaired) electrons. The van der Waals surface area contributed by atoms with Gasteiger partial charge in [0.2, 0.25) is 0 Å². The first-order valence-electron chi connectivity index (χ1n) is 8.83. The van der Waals surface area contributed by atoms with Crippen LogP contribution in [0.3, 0.4) is 0 Å². The molecule has 0 fully saturated rings. The average molecular weight is 446 g/mol. The highest BCUT2D eigenvalue weighted by molar-refractivity contribution is 7.98. The van der Waals surface area contributed by atoms with Gasteiger partial charge in [0, 0.05) is 27.5 Å². The second-order valence-corrected chi connectivity index (χ2v) is 8.92. The maximum atomic E-state index is 13.1. The van der Waals surface area contributed by atoms with Gasteiger partial charge in [-0.3, -0.25) is 4.57 Å². The molecule has 0 aliphatic carbocycles. The summed E-state index contributed by atoms with van der Waals surface area (Å²) in [5.74, 6) is 1.10. The number of nitrogens with zero attached hydrogens (tertiary/aromatic N) is 3. The van der Waals surface area contributed by atoms with Crippen LogP contribution < -0.4 is 4.74 Å². The molecule has 8 heteroatoms. The summed E-state index contributed by atoms with van der Waals surface area (Å²) in [6.45, 7) is 2.31. The van der Waals surface area contributed by atoms with Gasteiger partial charge in [0.15, 0.2) is 5.16 Å². The Kier molecular flexibility index (Phi) is 6.18. The predicted molar refractivity (Wildman–Crippen MR) is 116 cm³/mol. The number of hydrogen-bond acceptors (Lipinski definition) is 5. The molecule has 0 spiro atoms. The summed E-state index contributed by atoms with van der Waals surface area (Å²) in [6, 6.07) is 13.6. The highest BCUT2D eigenvalue weighted by atomic mass is 35.5. The lowest BCUT2D eigenvalue weighted by atomic mass is 10.3. The monoisotopic (exact) mass is 445 g/mol. The van der Waals surface area contributed by atoms with Crippen molar-refractivity contribution in [3.63, 3.8) is 0 Å². The molecule has 0 amide bonds. The van der Waals surface area contributed by atoms with Gasteiger partial charge < -0.3 is 4.74 Å². The normalized spacial score (nSPS) is 11.0. The Bertz CT molecular complexity index is 1090. The molecule has 2 aromatic heterocycles. The van der Waals surface area contributed by atoms with E-state index in [1.165, 1.54) is 17.0 Å². The molecule has 0 unspecified atom stereocenters. The van der Waals surface area contributed by atoms with Crippen LogP contribution in [0.25, 0.3) is 5.69 Å². The number of thiazole rings is 1. The summed E-state index contributed by atoms with van der Waals surface area (Å²) in [4.78, 5) is 10.1. The van der Waals surface area contributed by atoms with Gasteiger partial charge in [-0.25, -0.2) is 14.4 Å². The van der Waals surface area contributed by atoms with Crippen molar-refractivity contribution in [3.8, 4) is 11.4 Å². The molecule has 0 N–H and O–H groups in total. The second-order valence-electron chi connectivity index (χ2n) is 6.22. The molecule has 0 atom stereocenters. The Labute approximate surface area is 181 Å². The van der Waals surface area contributed by atoms with E-state index >= 15 is 0 Å². The number of halogens is 2. The minimum Gasteiger partial charge on any atom is -0.487 e. The van der Waals surface area contributed by atoms with E-state index in [4.69, 9.17) is 16.3 Å². The van der Waals surface area contributed by atoms with Crippen molar-refractivity contribution < 1.29 is 9.13 Å². The van der Waals surface area contributed by atoms with Gasteiger partial charge in [-0.05, 0) is 55.5 Å². The summed E-state index contributed by atoms with van der Waals surface area (Å²) in [5, 5.41) is 2.58. The van der Waals surface area contributed by atoms with Crippen LogP contribution in [-0.2, 0) is 12.4 Å². The van der Waals surface area contributed by atoms with Gasteiger partial charge in [-0.1, -0.05) is 23.4 Å². The van der Waals surface area contributed by atoms with Gasteiger partial charge in [-0.15, -0.1) is 11.3 Å². The summed E-state index contributed by atoms with van der Waals surface area (Å²) in [7, 11) is 0. The first-order valence-corrected chi connectivity index (χ1v) is 11.0. The van der Waals surface area contributed by atoms with Gasteiger partial charge in [0.1, 0.15) is 18.2 Å². The molecule has 29 heavy (non-hydrogen) atoms. The van der Waals surface area contributed by atoms with Crippen molar-refractivity contribution in [1.82, 2.24) is 14.5 Å². The van der Waals surface area contributed by atoms with Crippen LogP contribution in [0.1, 0.15) is 15.6 Å². The molecule has 2 heterocycles. The molecule has 148 valence electrons. The smallest absolute Gasteiger partial charge is 0.173 e. The van der Waals surface area contributed by atoms with Crippen molar-refractivity contribution in [1.29, 1.82) is 0 Å². The van der Waals surface area contributed by atoms with E-state index in [0.29, 0.717) is 17.4 Å². The summed E-state index contributed by atoms with van der Waals surface area (Å²) in [5.41, 5.74) is 1.84. The summed E-state index contributed by atoms with van der Waals surface area (Å²) >= 11 is 9.38. The lowest BCUT2D eigenvalue weighted by Crippen LogP contribution is -2.05. The van der Waals surface area contributed by atoms with E-state index < -0.39 is 0 Å². The lowest BCUT2D eigenvalue weighted by Gasteiger charge is -2.13. The molecule has 0 aliphatic rings. The Morgan fingerprint density at radius 2 is 1.83 bits per heavy atom. The van der Waals surface area contributed by atoms with Crippen LogP contribution in [0.15, 0.2) is 66.1 Å². The Morgan fingerprint density at radius 3 is 2.52 bits per heavy atom. The average Bonchev–Trinajstić information content (AvgIpc) is 3.32. The zero-order valence-electron chi connectivity index (χ0n) is 15.5. The van der Waals surface area contributed by atoms with E-state index in [1.807, 2.05) is 37.4 Å². The number of thioether (sulfide) groups is 1. The maximum absolute atomic E-state index is 13.1. The molecular weight excluding hydrogens is 429 g/mol. The maximum Gasteiger partial charge on any atom is 0.173 e. The van der Waals surface area contributed by atoms with Crippen molar-refractivity contribution in [3.05, 3.63) is 87.3 Å². The zero-order valence-corrected chi connectivity index (χ0v) is 17.9. The van der Waals surface area contributed by atoms with Crippen LogP contribution in [0.4, 0.5) is 4.39 Å². The fraction of sp³-hybridized carbons (Fsp3) is 0.143. The SMILES string of the molecule is Cc1ncc(CSc2ncc(COc3ccc(F)cc3)n2-c2ccc(Cl)cc2)s1. The van der Waals surface area contributed by atoms with Crippen LogP contribution in [0.5, 0.6) is 5.75 Å². The van der Waals surface area contributed by atoms with Crippen molar-refractivity contribution in [2.75, 3.05) is 0 Å². The van der Waals surface area contributed by atoms with Gasteiger partial charge >= 0.3 is 0 Å².